The fourth-order valence-electron chi connectivity index (χ4n) is 3.03. The molecule has 1 aromatic carbocycles. The van der Waals surface area contributed by atoms with E-state index in [0.717, 1.165) is 23.1 Å². The Labute approximate surface area is 172 Å². The van der Waals surface area contributed by atoms with Gasteiger partial charge in [0.2, 0.25) is 0 Å². The van der Waals surface area contributed by atoms with Crippen LogP contribution in [-0.2, 0) is 4.74 Å². The van der Waals surface area contributed by atoms with Crippen molar-refractivity contribution in [1.29, 1.82) is 0 Å². The highest BCUT2D eigenvalue weighted by Crippen LogP contribution is 2.35. The predicted molar refractivity (Wildman–Crippen MR) is 113 cm³/mol. The predicted octanol–water partition coefficient (Wildman–Crippen LogP) is 5.35. The van der Waals surface area contributed by atoms with Crippen LogP contribution in [0.25, 0.3) is 5.57 Å². The maximum Gasteiger partial charge on any atom is 0.410 e. The second-order valence-corrected chi connectivity index (χ2v) is 8.62. The lowest BCUT2D eigenvalue weighted by Crippen LogP contribution is -2.39. The molecular formula is C22H32N2O5. The van der Waals surface area contributed by atoms with Crippen molar-refractivity contribution in [3.05, 3.63) is 39.4 Å². The summed E-state index contributed by atoms with van der Waals surface area (Å²) in [4.78, 5) is 25.0. The molecule has 1 atom stereocenters. The Hall–Kier alpha value is -2.57. The first-order chi connectivity index (χ1) is 13.5. The van der Waals surface area contributed by atoms with Crippen LogP contribution in [-0.4, -0.2) is 41.2 Å². The molecule has 0 spiro atoms. The van der Waals surface area contributed by atoms with Crippen molar-refractivity contribution >= 4 is 17.4 Å². The molecule has 1 unspecified atom stereocenters. The highest BCUT2D eigenvalue weighted by Gasteiger charge is 2.26. The number of nitrogens with zero attached hydrogens (tertiary/aromatic N) is 2. The molecule has 0 saturated heterocycles. The van der Waals surface area contributed by atoms with Gasteiger partial charge in [-0.1, -0.05) is 26.3 Å². The summed E-state index contributed by atoms with van der Waals surface area (Å²) < 4.78 is 11.2. The van der Waals surface area contributed by atoms with Crippen molar-refractivity contribution < 1.29 is 19.2 Å². The molecule has 7 nitrogen and oxygen atoms in total. The zero-order valence-corrected chi connectivity index (χ0v) is 18.3. The van der Waals surface area contributed by atoms with E-state index < -0.39 is 10.5 Å². The van der Waals surface area contributed by atoms with Crippen molar-refractivity contribution in [3.63, 3.8) is 0 Å². The van der Waals surface area contributed by atoms with Crippen LogP contribution in [0, 0.1) is 23.0 Å². The molecule has 2 rings (SSSR count). The Morgan fingerprint density at radius 2 is 2.03 bits per heavy atom. The van der Waals surface area contributed by atoms with E-state index in [1.165, 1.54) is 0 Å². The number of carbonyl (C=O) groups is 1. The molecule has 1 aliphatic rings. The van der Waals surface area contributed by atoms with Gasteiger partial charge in [0.05, 0.1) is 11.5 Å². The lowest BCUT2D eigenvalue weighted by atomic mass is 9.94. The Bertz CT molecular complexity index is 795. The number of nitro groups is 1. The van der Waals surface area contributed by atoms with Gasteiger partial charge in [0, 0.05) is 19.2 Å². The summed E-state index contributed by atoms with van der Waals surface area (Å²) in [6.45, 7) is 12.9. The van der Waals surface area contributed by atoms with Crippen molar-refractivity contribution in [3.8, 4) is 5.75 Å². The Balaban J connectivity index is 2.23. The van der Waals surface area contributed by atoms with Gasteiger partial charge in [0.25, 0.3) is 0 Å². The van der Waals surface area contributed by atoms with Crippen LogP contribution >= 0.6 is 0 Å². The first kappa shape index (κ1) is 22.7. The number of ether oxygens (including phenoxy) is 2. The number of amides is 1. The van der Waals surface area contributed by atoms with Gasteiger partial charge in [0.1, 0.15) is 5.60 Å². The van der Waals surface area contributed by atoms with E-state index in [4.69, 9.17) is 9.47 Å². The highest BCUT2D eigenvalue weighted by molar-refractivity contribution is 5.75. The van der Waals surface area contributed by atoms with Crippen molar-refractivity contribution in [2.75, 3.05) is 19.7 Å². The van der Waals surface area contributed by atoms with Crippen molar-refractivity contribution in [2.24, 2.45) is 5.92 Å². The van der Waals surface area contributed by atoms with E-state index in [-0.39, 0.29) is 11.8 Å². The molecule has 0 aromatic heterocycles. The number of hydrogen-bond donors (Lipinski definition) is 0. The largest absolute Gasteiger partial charge is 0.487 e. The number of benzene rings is 1. The number of aryl methyl sites for hydroxylation is 1. The number of nitro benzene ring substituents is 1. The SMILES string of the molecule is CCC(C)COc1cc(C2=CCN(C(=O)OC(C)(C)C)CC2)c(C)cc1[N+](=O)[O-]. The summed E-state index contributed by atoms with van der Waals surface area (Å²) >= 11 is 0. The summed E-state index contributed by atoms with van der Waals surface area (Å²) in [5.74, 6) is 0.613. The molecule has 29 heavy (non-hydrogen) atoms. The van der Waals surface area contributed by atoms with E-state index in [1.807, 2.05) is 33.8 Å². The summed E-state index contributed by atoms with van der Waals surface area (Å²) in [5.41, 5.74) is 2.27. The average Bonchev–Trinajstić information content (AvgIpc) is 2.65. The summed E-state index contributed by atoms with van der Waals surface area (Å²) in [5, 5.41) is 11.5. The molecular weight excluding hydrogens is 372 g/mol. The molecule has 1 aromatic rings. The molecule has 0 bridgehead atoms. The second-order valence-electron chi connectivity index (χ2n) is 8.62. The topological polar surface area (TPSA) is 81.9 Å². The standard InChI is InChI=1S/C22H32N2O5/c1-7-15(2)14-28-20-13-18(16(3)12-19(20)24(26)27)17-8-10-23(11-9-17)21(25)29-22(4,5)6/h8,12-13,15H,7,9-11,14H2,1-6H3. The second kappa shape index (κ2) is 9.29. The van der Waals surface area contributed by atoms with E-state index in [9.17, 15) is 14.9 Å². The summed E-state index contributed by atoms with van der Waals surface area (Å²) in [6.07, 6.45) is 3.26. The van der Waals surface area contributed by atoms with Crippen LogP contribution < -0.4 is 4.74 Å². The van der Waals surface area contributed by atoms with Crippen molar-refractivity contribution in [1.82, 2.24) is 4.90 Å². The van der Waals surface area contributed by atoms with Crippen molar-refractivity contribution in [2.45, 2.75) is 60.0 Å². The minimum Gasteiger partial charge on any atom is -0.487 e. The number of carbonyl (C=O) groups excluding carboxylic acids is 1. The minimum atomic E-state index is -0.530. The van der Waals surface area contributed by atoms with E-state index in [2.05, 4.69) is 13.8 Å². The van der Waals surface area contributed by atoms with Gasteiger partial charge in [-0.05, 0) is 62.8 Å². The Morgan fingerprint density at radius 3 is 2.55 bits per heavy atom. The molecule has 160 valence electrons. The number of rotatable bonds is 6. The van der Waals surface area contributed by atoms with Crippen LogP contribution in [0.1, 0.15) is 58.6 Å². The smallest absolute Gasteiger partial charge is 0.410 e. The lowest BCUT2D eigenvalue weighted by Gasteiger charge is -2.30. The van der Waals surface area contributed by atoms with E-state index in [0.29, 0.717) is 37.8 Å². The van der Waals surface area contributed by atoms with E-state index in [1.54, 1.807) is 17.0 Å². The van der Waals surface area contributed by atoms with Gasteiger partial charge < -0.3 is 14.4 Å². The molecule has 7 heteroatoms. The fraction of sp³-hybridized carbons (Fsp3) is 0.591. The molecule has 1 aliphatic heterocycles. The molecule has 0 aliphatic carbocycles. The van der Waals surface area contributed by atoms with Gasteiger partial charge >= 0.3 is 11.8 Å². The maximum absolute atomic E-state index is 12.3. The van der Waals surface area contributed by atoms with Crippen LogP contribution in [0.4, 0.5) is 10.5 Å². The van der Waals surface area contributed by atoms with Gasteiger partial charge in [-0.2, -0.15) is 0 Å². The van der Waals surface area contributed by atoms with Gasteiger partial charge in [0.15, 0.2) is 5.75 Å². The maximum atomic E-state index is 12.3. The monoisotopic (exact) mass is 404 g/mol. The minimum absolute atomic E-state index is 0.0126. The van der Waals surface area contributed by atoms with Crippen LogP contribution in [0.15, 0.2) is 18.2 Å². The zero-order chi connectivity index (χ0) is 21.8. The Kier molecular flexibility index (Phi) is 7.27. The van der Waals surface area contributed by atoms with Gasteiger partial charge in [-0.3, -0.25) is 10.1 Å². The summed E-state index contributed by atoms with van der Waals surface area (Å²) in [6, 6.07) is 3.34. The van der Waals surface area contributed by atoms with Crippen LogP contribution in [0.3, 0.4) is 0 Å². The first-order valence-corrected chi connectivity index (χ1v) is 10.1. The third kappa shape index (κ3) is 6.21. The van der Waals surface area contributed by atoms with Crippen LogP contribution in [0.5, 0.6) is 5.75 Å². The molecule has 0 fully saturated rings. The molecule has 0 radical (unpaired) electrons. The first-order valence-electron chi connectivity index (χ1n) is 10.1. The Morgan fingerprint density at radius 1 is 1.34 bits per heavy atom. The van der Waals surface area contributed by atoms with E-state index >= 15 is 0 Å². The quantitative estimate of drug-likeness (QED) is 0.471. The molecule has 1 amide bonds. The highest BCUT2D eigenvalue weighted by atomic mass is 16.6. The van der Waals surface area contributed by atoms with Crippen LogP contribution in [0.2, 0.25) is 0 Å². The third-order valence-corrected chi connectivity index (χ3v) is 4.93. The number of hydrogen-bond acceptors (Lipinski definition) is 5. The summed E-state index contributed by atoms with van der Waals surface area (Å²) in [7, 11) is 0. The average molecular weight is 405 g/mol. The normalized spacial score (nSPS) is 15.5. The lowest BCUT2D eigenvalue weighted by molar-refractivity contribution is -0.386. The van der Waals surface area contributed by atoms with Gasteiger partial charge in [-0.25, -0.2) is 4.79 Å². The zero-order valence-electron chi connectivity index (χ0n) is 18.3. The molecule has 0 saturated carbocycles. The van der Waals surface area contributed by atoms with Gasteiger partial charge in [-0.15, -0.1) is 0 Å². The molecule has 1 heterocycles. The molecule has 0 N–H and O–H groups in total. The third-order valence-electron chi connectivity index (χ3n) is 4.93. The fourth-order valence-corrected chi connectivity index (χ4v) is 3.03.